The predicted octanol–water partition coefficient (Wildman–Crippen LogP) is -2.42. The second kappa shape index (κ2) is 6.15. The van der Waals surface area contributed by atoms with Gasteiger partial charge in [0.2, 0.25) is 23.1 Å². The van der Waals surface area contributed by atoms with Gasteiger partial charge in [0.25, 0.3) is 0 Å². The Kier molecular flexibility index (Phi) is 5.05. The molecule has 0 unspecified atom stereocenters. The molecule has 2 aliphatic rings. The van der Waals surface area contributed by atoms with E-state index in [1.165, 1.54) is 0 Å². The van der Waals surface area contributed by atoms with E-state index in [2.05, 4.69) is 0 Å². The van der Waals surface area contributed by atoms with E-state index in [4.69, 9.17) is 0 Å². The molecule has 0 aromatic carbocycles. The molecule has 0 aliphatic heterocycles. The van der Waals surface area contributed by atoms with Gasteiger partial charge in [0.05, 0.1) is 11.1 Å². The molecule has 4 N–H and O–H groups in total. The summed E-state index contributed by atoms with van der Waals surface area (Å²) < 4.78 is 0. The van der Waals surface area contributed by atoms with Gasteiger partial charge in [-0.2, -0.15) is 0 Å². The maximum absolute atomic E-state index is 12.0. The Hall–Kier alpha value is -2.16. The fourth-order valence-electron chi connectivity index (χ4n) is 2.05. The molecule has 2 rings (SSSR count). The Morgan fingerprint density at radius 3 is 1.04 bits per heavy atom. The van der Waals surface area contributed by atoms with E-state index in [0.29, 0.717) is 0 Å². The summed E-state index contributed by atoms with van der Waals surface area (Å²) in [7, 11) is 0. The first-order chi connectivity index (χ1) is 10.1. The molecule has 0 amide bonds. The molecule has 0 saturated heterocycles. The van der Waals surface area contributed by atoms with E-state index in [1.807, 2.05) is 0 Å². The molecule has 0 aromatic rings. The van der Waals surface area contributed by atoms with Crippen LogP contribution in [-0.4, -0.2) is 43.6 Å². The van der Waals surface area contributed by atoms with Crippen molar-refractivity contribution in [2.24, 2.45) is 0 Å². The molecule has 0 atom stereocenters. The van der Waals surface area contributed by atoms with Crippen molar-refractivity contribution in [3.63, 3.8) is 0 Å². The molecule has 0 aromatic heterocycles. The van der Waals surface area contributed by atoms with Gasteiger partial charge in [0.15, 0.2) is 23.0 Å². The van der Waals surface area contributed by atoms with Gasteiger partial charge in [-0.3, -0.25) is 19.2 Å². The number of aliphatic hydroxyl groups is 4. The van der Waals surface area contributed by atoms with Gasteiger partial charge >= 0.3 is 29.6 Å². The van der Waals surface area contributed by atoms with Crippen LogP contribution in [0.4, 0.5) is 0 Å². The fraction of sp³-hybridized carbons (Fsp3) is 0.143. The van der Waals surface area contributed by atoms with E-state index >= 15 is 0 Å². The zero-order valence-corrected chi connectivity index (χ0v) is 14.4. The van der Waals surface area contributed by atoms with Crippen molar-refractivity contribution in [1.29, 1.82) is 0 Å². The molecular weight excluding hydrogens is 319 g/mol. The Morgan fingerprint density at radius 1 is 0.522 bits per heavy atom. The van der Waals surface area contributed by atoms with Gasteiger partial charge in [-0.1, -0.05) is 0 Å². The molecule has 0 spiro atoms. The van der Waals surface area contributed by atoms with Crippen molar-refractivity contribution >= 4 is 23.1 Å². The van der Waals surface area contributed by atoms with Crippen LogP contribution in [0.3, 0.4) is 0 Å². The molecule has 2 aliphatic carbocycles. The van der Waals surface area contributed by atoms with Crippen LogP contribution in [0.1, 0.15) is 13.8 Å². The van der Waals surface area contributed by atoms with Crippen LogP contribution in [0, 0.1) is 0 Å². The van der Waals surface area contributed by atoms with E-state index in [-0.39, 0.29) is 29.6 Å². The molecule has 0 bridgehead atoms. The quantitative estimate of drug-likeness (QED) is 0.307. The summed E-state index contributed by atoms with van der Waals surface area (Å²) in [5.41, 5.74) is -2.94. The summed E-state index contributed by atoms with van der Waals surface area (Å²) in [4.78, 5) is 47.4. The minimum absolute atomic E-state index is 0. The number of carbonyl (C=O) groups excluding carboxylic acids is 4. The third kappa shape index (κ3) is 2.54. The number of ketones is 4. The van der Waals surface area contributed by atoms with Gasteiger partial charge in [-0.15, -0.1) is 0 Å². The summed E-state index contributed by atoms with van der Waals surface area (Å²) >= 11 is 0. The topological polar surface area (TPSA) is 149 Å². The zero-order valence-electron chi connectivity index (χ0n) is 12.4. The van der Waals surface area contributed by atoms with E-state index in [0.717, 1.165) is 13.8 Å². The molecular formula is C14H10NaO8+. The number of aliphatic hydroxyl groups excluding tert-OH is 4. The number of carbonyl (C=O) groups is 4. The summed E-state index contributed by atoms with van der Waals surface area (Å²) in [6, 6.07) is 0. The molecule has 0 saturated carbocycles. The Bertz CT molecular complexity index is 739. The molecule has 0 fully saturated rings. The zero-order chi connectivity index (χ0) is 16.9. The predicted molar refractivity (Wildman–Crippen MR) is 70.0 cm³/mol. The number of rotatable bonds is 1. The molecule has 9 heteroatoms. The van der Waals surface area contributed by atoms with Gasteiger partial charge in [0.1, 0.15) is 0 Å². The van der Waals surface area contributed by atoms with Crippen molar-refractivity contribution in [2.45, 2.75) is 13.8 Å². The number of Topliss-reactive ketones (excluding diaryl/α,β-unsaturated/α-hetero) is 4. The van der Waals surface area contributed by atoms with Crippen molar-refractivity contribution in [3.8, 4) is 0 Å². The third-order valence-corrected chi connectivity index (χ3v) is 3.43. The number of hydrogen-bond acceptors (Lipinski definition) is 8. The third-order valence-electron chi connectivity index (χ3n) is 3.43. The number of hydrogen-bond donors (Lipinski definition) is 4. The second-order valence-corrected chi connectivity index (χ2v) is 4.71. The van der Waals surface area contributed by atoms with Gasteiger partial charge in [-0.25, -0.2) is 0 Å². The van der Waals surface area contributed by atoms with Crippen LogP contribution in [0.5, 0.6) is 0 Å². The first-order valence-electron chi connectivity index (χ1n) is 5.96. The SMILES string of the molecule is CC1=C(O)C(=O)C(C2=C(O)C(=O)C(C)=C(O)C2=O)=C(O)C1=O.[Na+]. The monoisotopic (exact) mass is 329 g/mol. The molecule has 114 valence electrons. The minimum Gasteiger partial charge on any atom is -0.504 e. The van der Waals surface area contributed by atoms with Gasteiger partial charge in [0, 0.05) is 11.1 Å². The van der Waals surface area contributed by atoms with Crippen molar-refractivity contribution < 1.29 is 69.2 Å². The summed E-state index contributed by atoms with van der Waals surface area (Å²) in [5.74, 6) is -9.36. The summed E-state index contributed by atoms with van der Waals surface area (Å²) in [6.07, 6.45) is 0. The van der Waals surface area contributed by atoms with Crippen molar-refractivity contribution in [2.75, 3.05) is 0 Å². The minimum atomic E-state index is -1.32. The Labute approximate surface area is 151 Å². The largest absolute Gasteiger partial charge is 1.00 e. The molecule has 23 heavy (non-hydrogen) atoms. The van der Waals surface area contributed by atoms with E-state index in [1.54, 1.807) is 0 Å². The van der Waals surface area contributed by atoms with Gasteiger partial charge < -0.3 is 20.4 Å². The molecule has 0 heterocycles. The van der Waals surface area contributed by atoms with Crippen LogP contribution >= 0.6 is 0 Å². The van der Waals surface area contributed by atoms with Crippen molar-refractivity contribution in [3.05, 3.63) is 45.3 Å². The molecule has 8 nitrogen and oxygen atoms in total. The average Bonchev–Trinajstić information content (AvgIpc) is 2.50. The maximum atomic E-state index is 12.0. The van der Waals surface area contributed by atoms with Crippen LogP contribution < -0.4 is 29.6 Å². The normalized spacial score (nSPS) is 19.7. The van der Waals surface area contributed by atoms with Crippen LogP contribution in [0.25, 0.3) is 0 Å². The first-order valence-corrected chi connectivity index (χ1v) is 5.96. The standard InChI is InChI=1S/C14H10O8.Na/c1-3-7(15)11(19)5(12(20)8(3)16)6-13(21)9(17)4(2)10(18)14(6)22;/h15,17,20,22H,1-2H3;/q;+1. The van der Waals surface area contributed by atoms with E-state index < -0.39 is 68.5 Å². The van der Waals surface area contributed by atoms with Crippen LogP contribution in [-0.2, 0) is 19.2 Å². The van der Waals surface area contributed by atoms with Gasteiger partial charge in [-0.05, 0) is 13.8 Å². The summed E-state index contributed by atoms with van der Waals surface area (Å²) in [5, 5.41) is 38.7. The fourth-order valence-corrected chi connectivity index (χ4v) is 2.05. The Morgan fingerprint density at radius 2 is 0.783 bits per heavy atom. The second-order valence-electron chi connectivity index (χ2n) is 4.71. The molecule has 0 radical (unpaired) electrons. The van der Waals surface area contributed by atoms with Crippen LogP contribution in [0.15, 0.2) is 45.3 Å². The first kappa shape index (κ1) is 18.9. The summed E-state index contributed by atoms with van der Waals surface area (Å²) in [6.45, 7) is 2.15. The Balaban J connectivity index is 0.00000264. The smallest absolute Gasteiger partial charge is 0.504 e. The van der Waals surface area contributed by atoms with Crippen LogP contribution in [0.2, 0.25) is 0 Å². The maximum Gasteiger partial charge on any atom is 1.00 e. The van der Waals surface area contributed by atoms with E-state index in [9.17, 15) is 39.6 Å². The number of allylic oxidation sites excluding steroid dienone is 4. The van der Waals surface area contributed by atoms with Crippen molar-refractivity contribution in [1.82, 2.24) is 0 Å². The average molecular weight is 329 g/mol.